The lowest BCUT2D eigenvalue weighted by molar-refractivity contribution is -0.142. The Bertz CT molecular complexity index is 842. The highest BCUT2D eigenvalue weighted by Crippen LogP contribution is 2.06. The van der Waals surface area contributed by atoms with Gasteiger partial charge < -0.3 is 42.6 Å². The van der Waals surface area contributed by atoms with Gasteiger partial charge in [-0.2, -0.15) is 0 Å². The summed E-state index contributed by atoms with van der Waals surface area (Å²) in [6.45, 7) is 4.50. The minimum absolute atomic E-state index is 0.0720. The number of carboxylic acids is 1. The number of amides is 4. The lowest BCUT2D eigenvalue weighted by Crippen LogP contribution is -2.59. The SMILES string of the molecule is CC(C)C(NC(=O)C(CC(N)=O)NC(=O)C(N)C(C)O)C(=O)NC(Cc1cnc[nH]1)C(=O)O. The first-order valence-corrected chi connectivity index (χ1v) is 10.2. The summed E-state index contributed by atoms with van der Waals surface area (Å²) in [6.07, 6.45) is 0.896. The Morgan fingerprint density at radius 3 is 2.09 bits per heavy atom. The third kappa shape index (κ3) is 8.86. The van der Waals surface area contributed by atoms with E-state index in [1.165, 1.54) is 19.4 Å². The fraction of sp³-hybridized carbons (Fsp3) is 0.579. The molecule has 1 aromatic heterocycles. The van der Waals surface area contributed by atoms with Crippen molar-refractivity contribution in [2.24, 2.45) is 17.4 Å². The molecule has 14 heteroatoms. The molecule has 5 unspecified atom stereocenters. The highest BCUT2D eigenvalue weighted by atomic mass is 16.4. The van der Waals surface area contributed by atoms with Crippen LogP contribution in [0.15, 0.2) is 12.5 Å². The maximum Gasteiger partial charge on any atom is 0.326 e. The van der Waals surface area contributed by atoms with Crippen molar-refractivity contribution in [2.45, 2.75) is 63.9 Å². The molecule has 10 N–H and O–H groups in total. The molecule has 5 atom stereocenters. The zero-order valence-electron chi connectivity index (χ0n) is 18.6. The maximum atomic E-state index is 12.8. The zero-order valence-corrected chi connectivity index (χ0v) is 18.6. The van der Waals surface area contributed by atoms with Crippen molar-refractivity contribution >= 4 is 29.6 Å². The second kappa shape index (κ2) is 12.5. The van der Waals surface area contributed by atoms with E-state index in [-0.39, 0.29) is 6.42 Å². The van der Waals surface area contributed by atoms with Gasteiger partial charge in [0.15, 0.2) is 0 Å². The number of rotatable bonds is 13. The molecule has 0 aliphatic rings. The largest absolute Gasteiger partial charge is 0.480 e. The van der Waals surface area contributed by atoms with Crippen molar-refractivity contribution < 1.29 is 34.2 Å². The molecule has 1 aromatic rings. The molecule has 1 heterocycles. The number of aromatic amines is 1. The summed E-state index contributed by atoms with van der Waals surface area (Å²) < 4.78 is 0. The van der Waals surface area contributed by atoms with Gasteiger partial charge >= 0.3 is 5.97 Å². The molecule has 14 nitrogen and oxygen atoms in total. The topological polar surface area (TPSA) is 243 Å². The second-order valence-electron chi connectivity index (χ2n) is 7.91. The van der Waals surface area contributed by atoms with E-state index in [0.717, 1.165) is 0 Å². The maximum absolute atomic E-state index is 12.8. The van der Waals surface area contributed by atoms with Crippen LogP contribution >= 0.6 is 0 Å². The van der Waals surface area contributed by atoms with Gasteiger partial charge in [0.1, 0.15) is 24.2 Å². The highest BCUT2D eigenvalue weighted by Gasteiger charge is 2.33. The Morgan fingerprint density at radius 2 is 1.64 bits per heavy atom. The standard InChI is InChI=1S/C19H31N7O7/c1-8(2)15(18(31)25-12(19(32)33)4-10-6-22-7-23-10)26-16(29)11(5-13(20)28)24-17(30)14(21)9(3)27/h6-9,11-12,14-15,27H,4-5,21H2,1-3H3,(H2,20,28)(H,22,23)(H,24,30)(H,25,31)(H,26,29)(H,32,33). The minimum Gasteiger partial charge on any atom is -0.480 e. The smallest absolute Gasteiger partial charge is 0.326 e. The predicted octanol–water partition coefficient (Wildman–Crippen LogP) is -3.27. The van der Waals surface area contributed by atoms with Crippen molar-refractivity contribution in [1.29, 1.82) is 0 Å². The van der Waals surface area contributed by atoms with E-state index in [9.17, 15) is 34.2 Å². The van der Waals surface area contributed by atoms with Gasteiger partial charge in [-0.05, 0) is 12.8 Å². The number of nitrogens with two attached hydrogens (primary N) is 2. The molecule has 1 rings (SSSR count). The third-order valence-corrected chi connectivity index (χ3v) is 4.70. The summed E-state index contributed by atoms with van der Waals surface area (Å²) in [6, 6.07) is -5.33. The summed E-state index contributed by atoms with van der Waals surface area (Å²) in [5, 5.41) is 25.9. The monoisotopic (exact) mass is 469 g/mol. The summed E-state index contributed by atoms with van der Waals surface area (Å²) >= 11 is 0. The van der Waals surface area contributed by atoms with Gasteiger partial charge in [0.05, 0.1) is 18.9 Å². The Kier molecular flexibility index (Phi) is 10.4. The minimum atomic E-state index is -1.46. The average molecular weight is 469 g/mol. The molecule has 0 saturated carbocycles. The fourth-order valence-electron chi connectivity index (χ4n) is 2.76. The van der Waals surface area contributed by atoms with Gasteiger partial charge in [0.25, 0.3) is 0 Å². The number of carbonyl (C=O) groups is 5. The number of aromatic nitrogens is 2. The Balaban J connectivity index is 2.95. The van der Waals surface area contributed by atoms with Crippen molar-refractivity contribution in [3.05, 3.63) is 18.2 Å². The summed E-state index contributed by atoms with van der Waals surface area (Å²) in [4.78, 5) is 67.2. The molecule has 0 aliphatic carbocycles. The number of aliphatic hydroxyl groups is 1. The molecule has 0 radical (unpaired) electrons. The number of hydrogen-bond acceptors (Lipinski definition) is 8. The first-order chi connectivity index (χ1) is 15.3. The van der Waals surface area contributed by atoms with Crippen LogP contribution in [-0.4, -0.2) is 80.1 Å². The number of aliphatic hydroxyl groups excluding tert-OH is 1. The van der Waals surface area contributed by atoms with Crippen LogP contribution in [0, 0.1) is 5.92 Å². The summed E-state index contributed by atoms with van der Waals surface area (Å²) in [5.41, 5.74) is 11.2. The van der Waals surface area contributed by atoms with Crippen LogP contribution in [-0.2, 0) is 30.4 Å². The second-order valence-corrected chi connectivity index (χ2v) is 7.91. The van der Waals surface area contributed by atoms with Crippen LogP contribution in [0.2, 0.25) is 0 Å². The van der Waals surface area contributed by atoms with Gasteiger partial charge in [-0.25, -0.2) is 9.78 Å². The van der Waals surface area contributed by atoms with E-state index >= 15 is 0 Å². The van der Waals surface area contributed by atoms with E-state index in [4.69, 9.17) is 11.5 Å². The van der Waals surface area contributed by atoms with Gasteiger partial charge in [-0.3, -0.25) is 19.2 Å². The molecule has 0 fully saturated rings. The number of nitrogens with zero attached hydrogens (tertiary/aromatic N) is 1. The number of imidazole rings is 1. The summed E-state index contributed by atoms with van der Waals surface area (Å²) in [5.74, 6) is -5.28. The van der Waals surface area contributed by atoms with Crippen molar-refractivity contribution in [3.8, 4) is 0 Å². The highest BCUT2D eigenvalue weighted by molar-refractivity contribution is 5.96. The van der Waals surface area contributed by atoms with Crippen molar-refractivity contribution in [3.63, 3.8) is 0 Å². The average Bonchev–Trinajstić information content (AvgIpc) is 3.22. The molecule has 4 amide bonds. The lowest BCUT2D eigenvalue weighted by atomic mass is 10.0. The molecule has 184 valence electrons. The normalized spacial score (nSPS) is 15.6. The van der Waals surface area contributed by atoms with E-state index in [2.05, 4.69) is 25.9 Å². The van der Waals surface area contributed by atoms with Crippen LogP contribution in [0.4, 0.5) is 0 Å². The lowest BCUT2D eigenvalue weighted by Gasteiger charge is -2.27. The molecule has 33 heavy (non-hydrogen) atoms. The number of H-pyrrole nitrogens is 1. The Morgan fingerprint density at radius 1 is 1.03 bits per heavy atom. The fourth-order valence-corrected chi connectivity index (χ4v) is 2.76. The van der Waals surface area contributed by atoms with Gasteiger partial charge in [0.2, 0.25) is 23.6 Å². The number of aliphatic carboxylic acids is 1. The number of carboxylic acid groups (broad SMARTS) is 1. The third-order valence-electron chi connectivity index (χ3n) is 4.70. The van der Waals surface area contributed by atoms with Crippen molar-refractivity contribution in [1.82, 2.24) is 25.9 Å². The molecule has 0 aliphatic heterocycles. The van der Waals surface area contributed by atoms with Gasteiger partial charge in [0, 0.05) is 18.3 Å². The van der Waals surface area contributed by atoms with E-state index in [1.807, 2.05) is 0 Å². The first-order valence-electron chi connectivity index (χ1n) is 10.2. The van der Waals surface area contributed by atoms with Crippen molar-refractivity contribution in [2.75, 3.05) is 0 Å². The van der Waals surface area contributed by atoms with Crippen LogP contribution in [0.1, 0.15) is 32.9 Å². The Labute approximate surface area is 189 Å². The number of carbonyl (C=O) groups excluding carboxylic acids is 4. The molecular formula is C19H31N7O7. The molecule has 0 spiro atoms. The quantitative estimate of drug-likeness (QED) is 0.144. The van der Waals surface area contributed by atoms with Crippen LogP contribution in [0.25, 0.3) is 0 Å². The predicted molar refractivity (Wildman–Crippen MR) is 114 cm³/mol. The van der Waals surface area contributed by atoms with E-state index in [0.29, 0.717) is 5.69 Å². The molecular weight excluding hydrogens is 438 g/mol. The van der Waals surface area contributed by atoms with E-state index in [1.54, 1.807) is 13.8 Å². The molecule has 0 aromatic carbocycles. The zero-order chi connectivity index (χ0) is 25.3. The van der Waals surface area contributed by atoms with E-state index < -0.39 is 72.2 Å². The number of nitrogens with one attached hydrogen (secondary N) is 4. The first kappa shape index (κ1) is 27.5. The number of hydrogen-bond donors (Lipinski definition) is 8. The van der Waals surface area contributed by atoms with Crippen LogP contribution < -0.4 is 27.4 Å². The molecule has 0 saturated heterocycles. The molecule has 0 bridgehead atoms. The van der Waals surface area contributed by atoms with Gasteiger partial charge in [-0.1, -0.05) is 13.8 Å². The van der Waals surface area contributed by atoms with Crippen LogP contribution in [0.3, 0.4) is 0 Å². The van der Waals surface area contributed by atoms with Gasteiger partial charge in [-0.15, -0.1) is 0 Å². The Hall–Kier alpha value is -3.52. The number of primary amides is 1. The summed E-state index contributed by atoms with van der Waals surface area (Å²) in [7, 11) is 0. The van der Waals surface area contributed by atoms with Crippen LogP contribution in [0.5, 0.6) is 0 Å².